The van der Waals surface area contributed by atoms with Crippen LogP contribution in [0.15, 0.2) is 30.5 Å². The molecule has 0 atom stereocenters. The van der Waals surface area contributed by atoms with E-state index in [0.717, 1.165) is 38.3 Å². The van der Waals surface area contributed by atoms with E-state index >= 15 is 0 Å². The van der Waals surface area contributed by atoms with Gasteiger partial charge < -0.3 is 15.0 Å². The maximum absolute atomic E-state index is 5.79. The van der Waals surface area contributed by atoms with Gasteiger partial charge in [0.1, 0.15) is 5.75 Å². The van der Waals surface area contributed by atoms with Crippen LogP contribution in [0.5, 0.6) is 5.75 Å². The fourth-order valence-corrected chi connectivity index (χ4v) is 2.33. The van der Waals surface area contributed by atoms with Crippen molar-refractivity contribution in [2.75, 3.05) is 13.2 Å². The lowest BCUT2D eigenvalue weighted by atomic mass is 10.2. The Morgan fingerprint density at radius 1 is 1.16 bits per heavy atom. The number of ether oxygens (including phenoxy) is 1. The molecule has 1 heterocycles. The van der Waals surface area contributed by atoms with Gasteiger partial charge in [-0.25, -0.2) is 0 Å². The van der Waals surface area contributed by atoms with Crippen LogP contribution in [-0.4, -0.2) is 17.7 Å². The summed E-state index contributed by atoms with van der Waals surface area (Å²) in [6.07, 6.45) is 6.69. The Morgan fingerprint density at radius 3 is 2.84 bits per heavy atom. The van der Waals surface area contributed by atoms with Crippen LogP contribution in [0, 0.1) is 0 Å². The zero-order valence-electron chi connectivity index (χ0n) is 11.8. The number of benzene rings is 1. The number of hydrogen-bond acceptors (Lipinski definition) is 2. The second-order valence-corrected chi connectivity index (χ2v) is 4.90. The van der Waals surface area contributed by atoms with Gasteiger partial charge in [0, 0.05) is 18.1 Å². The molecule has 0 unspecified atom stereocenters. The van der Waals surface area contributed by atoms with Crippen LogP contribution < -0.4 is 10.5 Å². The molecule has 0 aliphatic heterocycles. The van der Waals surface area contributed by atoms with Crippen molar-refractivity contribution in [3.05, 3.63) is 30.5 Å². The van der Waals surface area contributed by atoms with E-state index < -0.39 is 0 Å². The summed E-state index contributed by atoms with van der Waals surface area (Å²) in [6, 6.07) is 8.45. The average molecular weight is 260 g/mol. The maximum Gasteiger partial charge on any atom is 0.128 e. The number of unbranched alkanes of at least 4 members (excludes halogenated alkanes) is 2. The molecule has 2 rings (SSSR count). The van der Waals surface area contributed by atoms with Gasteiger partial charge in [0.2, 0.25) is 0 Å². The summed E-state index contributed by atoms with van der Waals surface area (Å²) in [7, 11) is 0. The fourth-order valence-electron chi connectivity index (χ4n) is 2.33. The third-order valence-electron chi connectivity index (χ3n) is 3.34. The Labute approximate surface area is 115 Å². The molecule has 0 bridgehead atoms. The minimum Gasteiger partial charge on any atom is -0.493 e. The number of nitrogens with two attached hydrogens (primary N) is 1. The van der Waals surface area contributed by atoms with E-state index in [9.17, 15) is 0 Å². The van der Waals surface area contributed by atoms with Crippen molar-refractivity contribution in [3.63, 3.8) is 0 Å². The molecule has 2 N–H and O–H groups in total. The minimum atomic E-state index is 0.779. The first-order valence-electron chi connectivity index (χ1n) is 7.27. The van der Waals surface area contributed by atoms with Crippen LogP contribution in [0.2, 0.25) is 0 Å². The van der Waals surface area contributed by atoms with Gasteiger partial charge in [-0.3, -0.25) is 0 Å². The lowest BCUT2D eigenvalue weighted by Crippen LogP contribution is -2.01. The standard InChI is InChI=1S/C16H24N2O/c1-2-13-19-16-8-6-7-15-14(16)9-12-18(15)11-5-3-4-10-17/h6-9,12H,2-5,10-11,13,17H2,1H3. The van der Waals surface area contributed by atoms with Crippen molar-refractivity contribution >= 4 is 10.9 Å². The molecule has 0 saturated heterocycles. The predicted molar refractivity (Wildman–Crippen MR) is 80.6 cm³/mol. The first-order valence-corrected chi connectivity index (χ1v) is 7.27. The largest absolute Gasteiger partial charge is 0.493 e. The summed E-state index contributed by atoms with van der Waals surface area (Å²) >= 11 is 0. The zero-order chi connectivity index (χ0) is 13.5. The molecule has 2 aromatic rings. The monoisotopic (exact) mass is 260 g/mol. The van der Waals surface area contributed by atoms with Crippen molar-refractivity contribution in [1.29, 1.82) is 0 Å². The van der Waals surface area contributed by atoms with Gasteiger partial charge in [-0.05, 0) is 44.0 Å². The summed E-state index contributed by atoms with van der Waals surface area (Å²) in [5, 5.41) is 1.22. The first kappa shape index (κ1) is 13.9. The molecule has 0 spiro atoms. The third kappa shape index (κ3) is 3.51. The van der Waals surface area contributed by atoms with E-state index in [1.165, 1.54) is 23.7 Å². The zero-order valence-corrected chi connectivity index (χ0v) is 11.8. The number of aromatic nitrogens is 1. The van der Waals surface area contributed by atoms with Gasteiger partial charge >= 0.3 is 0 Å². The molecule has 0 saturated carbocycles. The molecule has 3 nitrogen and oxygen atoms in total. The highest BCUT2D eigenvalue weighted by atomic mass is 16.5. The van der Waals surface area contributed by atoms with Crippen LogP contribution in [0.1, 0.15) is 32.6 Å². The Kier molecular flexibility index (Phi) is 5.28. The van der Waals surface area contributed by atoms with Crippen LogP contribution >= 0.6 is 0 Å². The average Bonchev–Trinajstić information content (AvgIpc) is 2.85. The maximum atomic E-state index is 5.79. The van der Waals surface area contributed by atoms with Gasteiger partial charge in [-0.15, -0.1) is 0 Å². The van der Waals surface area contributed by atoms with Gasteiger partial charge in [-0.2, -0.15) is 0 Å². The highest BCUT2D eigenvalue weighted by Gasteiger charge is 2.06. The van der Waals surface area contributed by atoms with Crippen molar-refractivity contribution in [3.8, 4) is 5.75 Å². The van der Waals surface area contributed by atoms with E-state index in [1.807, 2.05) is 0 Å². The molecule has 0 aliphatic carbocycles. The molecule has 0 amide bonds. The summed E-state index contributed by atoms with van der Waals surface area (Å²) in [6.45, 7) is 4.76. The Balaban J connectivity index is 2.09. The molecule has 1 aromatic carbocycles. The fraction of sp³-hybridized carbons (Fsp3) is 0.500. The van der Waals surface area contributed by atoms with Crippen molar-refractivity contribution in [2.24, 2.45) is 5.73 Å². The third-order valence-corrected chi connectivity index (χ3v) is 3.34. The predicted octanol–water partition coefficient (Wildman–Crippen LogP) is 3.56. The molecular formula is C16H24N2O. The summed E-state index contributed by atoms with van der Waals surface area (Å²) < 4.78 is 8.11. The number of fused-ring (bicyclic) bond motifs is 1. The first-order chi connectivity index (χ1) is 9.36. The van der Waals surface area contributed by atoms with Crippen LogP contribution in [0.25, 0.3) is 10.9 Å². The summed E-state index contributed by atoms with van der Waals surface area (Å²) in [4.78, 5) is 0. The molecule has 0 aliphatic rings. The van der Waals surface area contributed by atoms with Crippen molar-refractivity contribution < 1.29 is 4.74 Å². The van der Waals surface area contributed by atoms with Gasteiger partial charge in [0.15, 0.2) is 0 Å². The van der Waals surface area contributed by atoms with Gasteiger partial charge in [-0.1, -0.05) is 19.4 Å². The highest BCUT2D eigenvalue weighted by molar-refractivity contribution is 5.86. The van der Waals surface area contributed by atoms with E-state index in [4.69, 9.17) is 10.5 Å². The molecule has 0 radical (unpaired) electrons. The number of hydrogen-bond donors (Lipinski definition) is 1. The van der Waals surface area contributed by atoms with E-state index in [-0.39, 0.29) is 0 Å². The Bertz CT molecular complexity index is 504. The molecule has 0 fully saturated rings. The molecular weight excluding hydrogens is 236 g/mol. The van der Waals surface area contributed by atoms with Gasteiger partial charge in [0.05, 0.1) is 12.1 Å². The summed E-state index contributed by atoms with van der Waals surface area (Å²) in [5.74, 6) is 1.00. The second-order valence-electron chi connectivity index (χ2n) is 4.90. The Hall–Kier alpha value is -1.48. The molecule has 3 heteroatoms. The molecule has 104 valence electrons. The Morgan fingerprint density at radius 2 is 2.05 bits per heavy atom. The van der Waals surface area contributed by atoms with E-state index in [0.29, 0.717) is 0 Å². The smallest absolute Gasteiger partial charge is 0.128 e. The number of rotatable bonds is 8. The minimum absolute atomic E-state index is 0.779. The van der Waals surface area contributed by atoms with Crippen molar-refractivity contribution in [2.45, 2.75) is 39.2 Å². The van der Waals surface area contributed by atoms with E-state index in [1.54, 1.807) is 0 Å². The normalized spacial score (nSPS) is 11.1. The lowest BCUT2D eigenvalue weighted by Gasteiger charge is -2.08. The summed E-state index contributed by atoms with van der Waals surface area (Å²) in [5.41, 5.74) is 6.79. The lowest BCUT2D eigenvalue weighted by molar-refractivity contribution is 0.321. The SMILES string of the molecule is CCCOc1cccc2c1ccn2CCCCCN. The molecule has 19 heavy (non-hydrogen) atoms. The topological polar surface area (TPSA) is 40.2 Å². The highest BCUT2D eigenvalue weighted by Crippen LogP contribution is 2.27. The quantitative estimate of drug-likeness (QED) is 0.737. The van der Waals surface area contributed by atoms with Crippen LogP contribution in [0.3, 0.4) is 0 Å². The van der Waals surface area contributed by atoms with Crippen LogP contribution in [-0.2, 0) is 6.54 Å². The number of nitrogens with zero attached hydrogens (tertiary/aromatic N) is 1. The van der Waals surface area contributed by atoms with Crippen LogP contribution in [0.4, 0.5) is 0 Å². The van der Waals surface area contributed by atoms with Gasteiger partial charge in [0.25, 0.3) is 0 Å². The molecule has 1 aromatic heterocycles. The van der Waals surface area contributed by atoms with E-state index in [2.05, 4.69) is 42.0 Å². The second kappa shape index (κ2) is 7.19. The van der Waals surface area contributed by atoms with Crippen molar-refractivity contribution in [1.82, 2.24) is 4.57 Å². The number of aryl methyl sites for hydroxylation is 1.